The van der Waals surface area contributed by atoms with E-state index in [0.717, 1.165) is 19.5 Å². The summed E-state index contributed by atoms with van der Waals surface area (Å²) < 4.78 is 5.44. The van der Waals surface area contributed by atoms with Crippen LogP contribution in [0.15, 0.2) is 24.3 Å². The highest BCUT2D eigenvalue weighted by molar-refractivity contribution is 5.76. The number of carboxylic acids is 1. The third kappa shape index (κ3) is 2.77. The summed E-state index contributed by atoms with van der Waals surface area (Å²) in [6.07, 6.45) is 1.07. The maximum atomic E-state index is 11.7. The van der Waals surface area contributed by atoms with E-state index < -0.39 is 11.4 Å². The lowest BCUT2D eigenvalue weighted by Crippen LogP contribution is -2.38. The van der Waals surface area contributed by atoms with Crippen LogP contribution in [-0.4, -0.2) is 42.3 Å². The first-order valence-corrected chi connectivity index (χ1v) is 8.11. The van der Waals surface area contributed by atoms with Gasteiger partial charge in [0, 0.05) is 25.6 Å². The minimum absolute atomic E-state index is 0.127. The van der Waals surface area contributed by atoms with Gasteiger partial charge in [-0.1, -0.05) is 38.1 Å². The summed E-state index contributed by atoms with van der Waals surface area (Å²) in [5.74, 6) is 0.0492. The van der Waals surface area contributed by atoms with Crippen molar-refractivity contribution < 1.29 is 14.6 Å². The number of fused-ring (bicyclic) bond motifs is 1. The molecule has 0 aromatic heterocycles. The molecule has 2 aliphatic rings. The quantitative estimate of drug-likeness (QED) is 0.907. The van der Waals surface area contributed by atoms with Gasteiger partial charge in [-0.3, -0.25) is 9.69 Å². The van der Waals surface area contributed by atoms with Crippen molar-refractivity contribution in [1.82, 2.24) is 4.90 Å². The van der Waals surface area contributed by atoms with Crippen LogP contribution in [0, 0.1) is 17.3 Å². The van der Waals surface area contributed by atoms with Crippen molar-refractivity contribution in [2.75, 3.05) is 26.3 Å². The van der Waals surface area contributed by atoms with Crippen LogP contribution in [0.5, 0.6) is 0 Å². The fourth-order valence-corrected chi connectivity index (χ4v) is 3.85. The molecule has 1 N–H and O–H groups in total. The molecule has 1 aromatic rings. The lowest BCUT2D eigenvalue weighted by molar-refractivity contribution is -0.149. The molecule has 2 heterocycles. The van der Waals surface area contributed by atoms with E-state index in [9.17, 15) is 9.90 Å². The van der Waals surface area contributed by atoms with E-state index in [4.69, 9.17) is 4.74 Å². The van der Waals surface area contributed by atoms with Gasteiger partial charge in [-0.25, -0.2) is 0 Å². The highest BCUT2D eigenvalue weighted by Gasteiger charge is 2.56. The van der Waals surface area contributed by atoms with Gasteiger partial charge in [0.05, 0.1) is 13.2 Å². The van der Waals surface area contributed by atoms with E-state index in [1.807, 2.05) is 0 Å². The van der Waals surface area contributed by atoms with Crippen molar-refractivity contribution in [3.63, 3.8) is 0 Å². The van der Waals surface area contributed by atoms with Gasteiger partial charge in [-0.15, -0.1) is 0 Å². The van der Waals surface area contributed by atoms with Gasteiger partial charge in [0.2, 0.25) is 0 Å². The number of carbonyl (C=O) groups is 1. The van der Waals surface area contributed by atoms with E-state index in [1.165, 1.54) is 11.1 Å². The van der Waals surface area contributed by atoms with Crippen LogP contribution in [0.3, 0.4) is 0 Å². The number of ether oxygens (including phenoxy) is 1. The molecule has 120 valence electrons. The molecule has 1 aromatic carbocycles. The van der Waals surface area contributed by atoms with Gasteiger partial charge in [-0.2, -0.15) is 0 Å². The topological polar surface area (TPSA) is 49.8 Å². The number of nitrogens with zero attached hydrogens (tertiary/aromatic N) is 1. The van der Waals surface area contributed by atoms with E-state index in [-0.39, 0.29) is 5.92 Å². The van der Waals surface area contributed by atoms with E-state index in [0.29, 0.717) is 25.7 Å². The summed E-state index contributed by atoms with van der Waals surface area (Å²) >= 11 is 0. The van der Waals surface area contributed by atoms with Gasteiger partial charge >= 0.3 is 5.97 Å². The minimum atomic E-state index is -0.701. The predicted molar refractivity (Wildman–Crippen MR) is 84.6 cm³/mol. The van der Waals surface area contributed by atoms with Gasteiger partial charge in [0.1, 0.15) is 5.41 Å². The van der Waals surface area contributed by atoms with Crippen molar-refractivity contribution in [2.45, 2.75) is 26.8 Å². The summed E-state index contributed by atoms with van der Waals surface area (Å²) in [6, 6.07) is 8.54. The molecular weight excluding hydrogens is 278 g/mol. The Kier molecular flexibility index (Phi) is 4.24. The Balaban J connectivity index is 1.74. The van der Waals surface area contributed by atoms with Gasteiger partial charge in [0.15, 0.2) is 0 Å². The maximum Gasteiger partial charge on any atom is 0.313 e. The number of hydrogen-bond donors (Lipinski definition) is 1. The summed E-state index contributed by atoms with van der Waals surface area (Å²) in [5.41, 5.74) is 2.03. The van der Waals surface area contributed by atoms with Crippen LogP contribution >= 0.6 is 0 Å². The first kappa shape index (κ1) is 15.5. The van der Waals surface area contributed by atoms with E-state index in [1.54, 1.807) is 0 Å². The number of hydrogen-bond acceptors (Lipinski definition) is 3. The second-order valence-corrected chi connectivity index (χ2v) is 7.21. The second-order valence-electron chi connectivity index (χ2n) is 7.21. The molecule has 0 spiro atoms. The number of rotatable bonds is 5. The molecule has 0 amide bonds. The molecule has 2 saturated heterocycles. The lowest BCUT2D eigenvalue weighted by Gasteiger charge is -2.23. The fraction of sp³-hybridized carbons (Fsp3) is 0.611. The Morgan fingerprint density at radius 2 is 2.14 bits per heavy atom. The normalized spacial score (nSPS) is 28.2. The van der Waals surface area contributed by atoms with Gasteiger partial charge in [-0.05, 0) is 23.5 Å². The molecule has 2 aliphatic heterocycles. The second kappa shape index (κ2) is 6.01. The zero-order chi connectivity index (χ0) is 15.7. The van der Waals surface area contributed by atoms with E-state index in [2.05, 4.69) is 43.0 Å². The molecule has 2 fully saturated rings. The number of likely N-dealkylation sites (tertiary alicyclic amines) is 1. The molecular formula is C18H25NO3. The summed E-state index contributed by atoms with van der Waals surface area (Å²) in [7, 11) is 0. The third-order valence-corrected chi connectivity index (χ3v) is 5.01. The molecule has 4 nitrogen and oxygen atoms in total. The van der Waals surface area contributed by atoms with Crippen LogP contribution in [0.2, 0.25) is 0 Å². The van der Waals surface area contributed by atoms with Crippen LogP contribution in [0.4, 0.5) is 0 Å². The SMILES string of the molecule is CC(C)Cc1ccccc1CN1C[C@@H]2COC[C@]2(C(=O)O)C1. The molecule has 2 atom stereocenters. The largest absolute Gasteiger partial charge is 0.481 e. The monoisotopic (exact) mass is 303 g/mol. The fourth-order valence-electron chi connectivity index (χ4n) is 3.85. The Labute approximate surface area is 132 Å². The van der Waals surface area contributed by atoms with Crippen molar-refractivity contribution in [3.8, 4) is 0 Å². The predicted octanol–water partition coefficient (Wildman–Crippen LogP) is 2.42. The zero-order valence-electron chi connectivity index (χ0n) is 13.4. The number of aliphatic carboxylic acids is 1. The number of carboxylic acid groups (broad SMARTS) is 1. The Bertz CT molecular complexity index is 557. The maximum absolute atomic E-state index is 11.7. The molecule has 0 aliphatic carbocycles. The molecule has 3 rings (SSSR count). The molecule has 0 bridgehead atoms. The molecule has 0 unspecified atom stereocenters. The van der Waals surface area contributed by atoms with Crippen molar-refractivity contribution in [1.29, 1.82) is 0 Å². The van der Waals surface area contributed by atoms with Crippen molar-refractivity contribution in [3.05, 3.63) is 35.4 Å². The summed E-state index contributed by atoms with van der Waals surface area (Å²) in [5, 5.41) is 9.62. The molecule has 22 heavy (non-hydrogen) atoms. The van der Waals surface area contributed by atoms with Crippen LogP contribution in [-0.2, 0) is 22.5 Å². The average molecular weight is 303 g/mol. The molecule has 0 saturated carbocycles. The smallest absolute Gasteiger partial charge is 0.313 e. The van der Waals surface area contributed by atoms with Crippen LogP contribution < -0.4 is 0 Å². The standard InChI is InChI=1S/C18H25NO3/c1-13(2)7-14-5-3-4-6-15(14)8-19-9-16-10-22-12-18(16,11-19)17(20)21/h3-6,13,16H,7-12H2,1-2H3,(H,20,21)/t16-,18-/m1/s1. The van der Waals surface area contributed by atoms with Gasteiger partial charge < -0.3 is 9.84 Å². The summed E-state index contributed by atoms with van der Waals surface area (Å²) in [6.45, 7) is 7.66. The van der Waals surface area contributed by atoms with Crippen molar-refractivity contribution >= 4 is 5.97 Å². The molecule has 4 heteroatoms. The number of benzene rings is 1. The first-order chi connectivity index (χ1) is 10.5. The van der Waals surface area contributed by atoms with Gasteiger partial charge in [0.25, 0.3) is 0 Å². The Hall–Kier alpha value is -1.39. The summed E-state index contributed by atoms with van der Waals surface area (Å²) in [4.78, 5) is 14.0. The minimum Gasteiger partial charge on any atom is -0.481 e. The first-order valence-electron chi connectivity index (χ1n) is 8.11. The molecule has 0 radical (unpaired) electrons. The van der Waals surface area contributed by atoms with E-state index >= 15 is 0 Å². The van der Waals surface area contributed by atoms with Crippen molar-refractivity contribution in [2.24, 2.45) is 17.3 Å². The average Bonchev–Trinajstić information content (AvgIpc) is 2.98. The Morgan fingerprint density at radius 1 is 1.41 bits per heavy atom. The highest BCUT2D eigenvalue weighted by Crippen LogP contribution is 2.42. The Morgan fingerprint density at radius 3 is 2.77 bits per heavy atom. The third-order valence-electron chi connectivity index (χ3n) is 5.01. The lowest BCUT2D eigenvalue weighted by atomic mass is 9.81. The van der Waals surface area contributed by atoms with Crippen LogP contribution in [0.25, 0.3) is 0 Å². The highest BCUT2D eigenvalue weighted by atomic mass is 16.5. The van der Waals surface area contributed by atoms with Crippen LogP contribution in [0.1, 0.15) is 25.0 Å². The zero-order valence-corrected chi connectivity index (χ0v) is 13.4.